The average molecular weight is 549 g/mol. The molecule has 204 valence electrons. The molecular weight excluding hydrogens is 515 g/mol. The summed E-state index contributed by atoms with van der Waals surface area (Å²) < 4.78 is 10.5. The third kappa shape index (κ3) is 13.3. The van der Waals surface area contributed by atoms with Gasteiger partial charge < -0.3 is 30.0 Å². The van der Waals surface area contributed by atoms with E-state index in [2.05, 4.69) is 20.9 Å². The summed E-state index contributed by atoms with van der Waals surface area (Å²) in [5.41, 5.74) is -0.226. The van der Waals surface area contributed by atoms with E-state index in [1.54, 1.807) is 71.9 Å². The number of ether oxygens (including phenoxy) is 2. The van der Waals surface area contributed by atoms with Crippen molar-refractivity contribution in [2.45, 2.75) is 65.2 Å². The summed E-state index contributed by atoms with van der Waals surface area (Å²) in [6.45, 7) is 10.1. The maximum atomic E-state index is 12.4. The maximum absolute atomic E-state index is 12.4. The predicted octanol–water partition coefficient (Wildman–Crippen LogP) is 0.380. The van der Waals surface area contributed by atoms with Gasteiger partial charge >= 0.3 is 47.8 Å². The molecule has 0 fully saturated rings. The summed E-state index contributed by atoms with van der Waals surface area (Å²) in [5.74, 6) is -1.54. The second-order valence-corrected chi connectivity index (χ2v) is 10.3. The van der Waals surface area contributed by atoms with Crippen molar-refractivity contribution in [3.63, 3.8) is 0 Å². The van der Waals surface area contributed by atoms with Gasteiger partial charge in [-0.25, -0.2) is 14.4 Å². The van der Waals surface area contributed by atoms with E-state index in [-0.39, 0.29) is 41.8 Å². The van der Waals surface area contributed by atoms with Crippen LogP contribution < -0.4 is 50.6 Å². The quantitative estimate of drug-likeness (QED) is 0.267. The number of amidine groups is 1. The Kier molecular flexibility index (Phi) is 12.6. The molecule has 0 aliphatic heterocycles. The molecule has 39 heavy (non-hydrogen) atoms. The van der Waals surface area contributed by atoms with E-state index in [1.807, 2.05) is 0 Å². The average Bonchev–Trinajstić information content (AvgIpc) is 2.77. The molecule has 0 aromatic heterocycles. The van der Waals surface area contributed by atoms with Crippen molar-refractivity contribution < 1.29 is 63.3 Å². The third-order valence-electron chi connectivity index (χ3n) is 4.50. The molecule has 0 aliphatic rings. The van der Waals surface area contributed by atoms with Gasteiger partial charge in [-0.15, -0.1) is 0 Å². The Morgan fingerprint density at radius 1 is 0.872 bits per heavy atom. The monoisotopic (exact) mass is 548 g/mol. The fourth-order valence-electron chi connectivity index (χ4n) is 3.02. The number of rotatable bonds is 6. The number of hydrogen-bond donors (Lipinski definition) is 3. The Labute approximate surface area is 250 Å². The molecule has 4 amide bonds. The van der Waals surface area contributed by atoms with E-state index in [0.29, 0.717) is 11.3 Å². The second-order valence-electron chi connectivity index (χ2n) is 10.3. The molecule has 12 heteroatoms. The number of alkyl carbamates (subject to hydrolysis) is 1. The number of carboxylic acids is 1. The SMILES string of the molecule is CC(C)(C)OC(=O)N=C(NC(=O)OC(C)(C)C)c1ccc(NC(=O)NC(Cc2ccccc2)C(=O)[O-])cc1.[Na+]. The summed E-state index contributed by atoms with van der Waals surface area (Å²) in [5, 5.41) is 18.9. The summed E-state index contributed by atoms with van der Waals surface area (Å²) in [6, 6.07) is 12.8. The van der Waals surface area contributed by atoms with Gasteiger partial charge in [0.2, 0.25) is 0 Å². The van der Waals surface area contributed by atoms with Crippen LogP contribution in [-0.4, -0.2) is 47.3 Å². The van der Waals surface area contributed by atoms with Gasteiger partial charge in [-0.05, 0) is 77.8 Å². The fourth-order valence-corrected chi connectivity index (χ4v) is 3.02. The van der Waals surface area contributed by atoms with Crippen LogP contribution in [0.15, 0.2) is 59.6 Å². The van der Waals surface area contributed by atoms with Gasteiger partial charge in [0.15, 0.2) is 0 Å². The first-order valence-electron chi connectivity index (χ1n) is 11.9. The molecule has 0 radical (unpaired) electrons. The van der Waals surface area contributed by atoms with Crippen LogP contribution in [-0.2, 0) is 20.7 Å². The van der Waals surface area contributed by atoms with Crippen molar-refractivity contribution in [1.29, 1.82) is 0 Å². The van der Waals surface area contributed by atoms with E-state index in [4.69, 9.17) is 9.47 Å². The molecule has 2 aromatic rings. The first-order chi connectivity index (χ1) is 17.6. The normalized spacial score (nSPS) is 12.3. The molecular formula is C27H33N4NaO7. The third-order valence-corrected chi connectivity index (χ3v) is 4.50. The van der Waals surface area contributed by atoms with Crippen molar-refractivity contribution in [3.8, 4) is 0 Å². The zero-order valence-corrected chi connectivity index (χ0v) is 25.3. The van der Waals surface area contributed by atoms with E-state index >= 15 is 0 Å². The van der Waals surface area contributed by atoms with Crippen LogP contribution in [0.2, 0.25) is 0 Å². The minimum absolute atomic E-state index is 0. The number of aliphatic imine (C=N–C) groups is 1. The smallest absolute Gasteiger partial charge is 0.548 e. The Morgan fingerprint density at radius 2 is 1.44 bits per heavy atom. The maximum Gasteiger partial charge on any atom is 1.00 e. The Morgan fingerprint density at radius 3 is 1.95 bits per heavy atom. The summed E-state index contributed by atoms with van der Waals surface area (Å²) in [4.78, 5) is 52.4. The van der Waals surface area contributed by atoms with Gasteiger partial charge in [0.25, 0.3) is 0 Å². The number of carboxylic acid groups (broad SMARTS) is 1. The standard InChI is InChI=1S/C27H34N4O7.Na/c1-26(2,3)37-24(35)30-21(31-25(36)38-27(4,5)6)18-12-14-19(15-13-18)28-23(34)29-20(22(32)33)16-17-10-8-7-9-11-17;/h7-15,20H,16H2,1-6H3,(H,32,33)(H2,28,29,34)(H,30,31,35,36);/q;+1/p-1. The molecule has 0 saturated carbocycles. The molecule has 2 aromatic carbocycles. The zero-order valence-electron chi connectivity index (χ0n) is 23.3. The molecule has 3 N–H and O–H groups in total. The molecule has 2 rings (SSSR count). The first-order valence-corrected chi connectivity index (χ1v) is 11.9. The van der Waals surface area contributed by atoms with E-state index < -0.39 is 41.4 Å². The molecule has 0 saturated heterocycles. The Bertz CT molecular complexity index is 1170. The molecule has 0 spiro atoms. The van der Waals surface area contributed by atoms with E-state index in [1.165, 1.54) is 24.3 Å². The minimum Gasteiger partial charge on any atom is -0.548 e. The number of nitrogens with one attached hydrogen (secondary N) is 3. The number of amides is 4. The Hall–Kier alpha value is -3.41. The number of urea groups is 1. The summed E-state index contributed by atoms with van der Waals surface area (Å²) >= 11 is 0. The van der Waals surface area contributed by atoms with Crippen LogP contribution in [0, 0.1) is 0 Å². The molecule has 11 nitrogen and oxygen atoms in total. The second kappa shape index (κ2) is 14.7. The predicted molar refractivity (Wildman–Crippen MR) is 140 cm³/mol. The minimum atomic E-state index is -1.42. The molecule has 0 aliphatic carbocycles. The number of hydrogen-bond acceptors (Lipinski definition) is 7. The van der Waals surface area contributed by atoms with Crippen molar-refractivity contribution in [2.75, 3.05) is 5.32 Å². The van der Waals surface area contributed by atoms with Gasteiger partial charge in [0.1, 0.15) is 17.0 Å². The number of anilines is 1. The van der Waals surface area contributed by atoms with Gasteiger partial charge in [0.05, 0.1) is 12.0 Å². The summed E-state index contributed by atoms with van der Waals surface area (Å²) in [7, 11) is 0. The van der Waals surface area contributed by atoms with Crippen molar-refractivity contribution in [2.24, 2.45) is 4.99 Å². The van der Waals surface area contributed by atoms with Crippen molar-refractivity contribution in [1.82, 2.24) is 10.6 Å². The number of carbonyl (C=O) groups excluding carboxylic acids is 4. The van der Waals surface area contributed by atoms with Crippen molar-refractivity contribution >= 4 is 35.7 Å². The van der Waals surface area contributed by atoms with Gasteiger partial charge in [-0.3, -0.25) is 5.32 Å². The number of benzene rings is 2. The van der Waals surface area contributed by atoms with Gasteiger partial charge in [-0.2, -0.15) is 4.99 Å². The topological polar surface area (TPSA) is 158 Å². The fraction of sp³-hybridized carbons (Fsp3) is 0.370. The number of nitrogens with zero attached hydrogens (tertiary/aromatic N) is 1. The zero-order chi connectivity index (χ0) is 28.5. The van der Waals surface area contributed by atoms with E-state index in [0.717, 1.165) is 5.56 Å². The van der Waals surface area contributed by atoms with Crippen molar-refractivity contribution in [3.05, 3.63) is 65.7 Å². The van der Waals surface area contributed by atoms with Crippen LogP contribution in [0.3, 0.4) is 0 Å². The Balaban J connectivity index is 0.00000760. The molecule has 1 unspecified atom stereocenters. The van der Waals surface area contributed by atoms with E-state index in [9.17, 15) is 24.3 Å². The molecule has 0 heterocycles. The van der Waals surface area contributed by atoms with Gasteiger partial charge in [-0.1, -0.05) is 30.3 Å². The number of carbonyl (C=O) groups is 4. The largest absolute Gasteiger partial charge is 1.00 e. The van der Waals surface area contributed by atoms with Crippen LogP contribution in [0.4, 0.5) is 20.1 Å². The van der Waals surface area contributed by atoms with Crippen LogP contribution >= 0.6 is 0 Å². The van der Waals surface area contributed by atoms with Crippen LogP contribution in [0.25, 0.3) is 0 Å². The number of aliphatic carboxylic acids is 1. The summed E-state index contributed by atoms with van der Waals surface area (Å²) in [6.07, 6.45) is -1.69. The first kappa shape index (κ1) is 33.6. The molecule has 0 bridgehead atoms. The van der Waals surface area contributed by atoms with Gasteiger partial charge in [0, 0.05) is 11.3 Å². The van der Waals surface area contributed by atoms with Crippen LogP contribution in [0.1, 0.15) is 52.7 Å². The molecule has 1 atom stereocenters. The van der Waals surface area contributed by atoms with Crippen LogP contribution in [0.5, 0.6) is 0 Å².